The van der Waals surface area contributed by atoms with E-state index in [0.717, 1.165) is 11.3 Å². The van der Waals surface area contributed by atoms with E-state index in [1.165, 1.54) is 4.88 Å². The van der Waals surface area contributed by atoms with Gasteiger partial charge in [0.2, 0.25) is 0 Å². The molecule has 1 N–H and O–H groups in total. The Hall–Kier alpha value is -1.76. The number of hydrogen-bond donors (Lipinski definition) is 1. The Morgan fingerprint density at radius 3 is 2.84 bits per heavy atom. The van der Waals surface area contributed by atoms with Gasteiger partial charge in [-0.05, 0) is 42.3 Å². The molecule has 2 aromatic rings. The van der Waals surface area contributed by atoms with Crippen molar-refractivity contribution >= 4 is 17.3 Å². The number of aliphatic carboxylic acids is 1. The molecule has 0 bridgehead atoms. The lowest BCUT2D eigenvalue weighted by atomic mass is 9.69. The summed E-state index contributed by atoms with van der Waals surface area (Å²) in [5, 5.41) is 21.0. The molecule has 19 heavy (non-hydrogen) atoms. The smallest absolute Gasteiger partial charge is 0.311 e. The quantitative estimate of drug-likeness (QED) is 0.924. The molecule has 3 rings (SSSR count). The number of aromatic nitrogens is 4. The topological polar surface area (TPSA) is 80.9 Å². The van der Waals surface area contributed by atoms with Crippen molar-refractivity contribution in [3.8, 4) is 10.7 Å². The van der Waals surface area contributed by atoms with Crippen molar-refractivity contribution in [2.75, 3.05) is 0 Å². The number of thiophene rings is 1. The van der Waals surface area contributed by atoms with E-state index in [9.17, 15) is 9.90 Å². The molecule has 0 aliphatic heterocycles. The highest BCUT2D eigenvalue weighted by Gasteiger charge is 2.45. The summed E-state index contributed by atoms with van der Waals surface area (Å²) in [5.41, 5.74) is -0.684. The van der Waals surface area contributed by atoms with Gasteiger partial charge in [0.05, 0.1) is 16.8 Å². The Bertz CT molecular complexity index is 615. The predicted octanol–water partition coefficient (Wildman–Crippen LogP) is 1.96. The Kier molecular flexibility index (Phi) is 2.85. The van der Waals surface area contributed by atoms with Gasteiger partial charge in [0.25, 0.3) is 0 Å². The lowest BCUT2D eigenvalue weighted by molar-refractivity contribution is -0.156. The summed E-state index contributed by atoms with van der Waals surface area (Å²) >= 11 is 1.61. The number of carbonyl (C=O) groups is 1. The average Bonchev–Trinajstić information content (AvgIpc) is 2.91. The highest BCUT2D eigenvalue weighted by Crippen LogP contribution is 2.43. The first-order chi connectivity index (χ1) is 9.11. The monoisotopic (exact) mass is 278 g/mol. The molecule has 1 aliphatic rings. The van der Waals surface area contributed by atoms with Crippen LogP contribution in [0.15, 0.2) is 12.1 Å². The number of nitrogens with zero attached hydrogens (tertiary/aromatic N) is 4. The van der Waals surface area contributed by atoms with Crippen LogP contribution < -0.4 is 0 Å². The van der Waals surface area contributed by atoms with Gasteiger partial charge in [-0.2, -0.15) is 0 Å². The maximum absolute atomic E-state index is 11.4. The van der Waals surface area contributed by atoms with E-state index in [2.05, 4.69) is 15.5 Å². The predicted molar refractivity (Wildman–Crippen MR) is 69.8 cm³/mol. The van der Waals surface area contributed by atoms with Crippen molar-refractivity contribution in [3.05, 3.63) is 17.0 Å². The van der Waals surface area contributed by atoms with Crippen LogP contribution >= 0.6 is 11.3 Å². The first-order valence-electron chi connectivity index (χ1n) is 6.17. The lowest BCUT2D eigenvalue weighted by Gasteiger charge is -2.37. The Balaban J connectivity index is 1.90. The van der Waals surface area contributed by atoms with Crippen LogP contribution in [0.3, 0.4) is 0 Å². The molecule has 7 heteroatoms. The molecule has 2 aromatic heterocycles. The van der Waals surface area contributed by atoms with E-state index in [-0.39, 0.29) is 0 Å². The van der Waals surface area contributed by atoms with Crippen LogP contribution in [-0.4, -0.2) is 31.3 Å². The third kappa shape index (κ3) is 2.03. The largest absolute Gasteiger partial charge is 0.481 e. The van der Waals surface area contributed by atoms with E-state index in [0.29, 0.717) is 25.2 Å². The number of carboxylic acid groups (broad SMARTS) is 1. The Morgan fingerprint density at radius 2 is 2.32 bits per heavy atom. The van der Waals surface area contributed by atoms with E-state index >= 15 is 0 Å². The van der Waals surface area contributed by atoms with E-state index in [4.69, 9.17) is 0 Å². The molecule has 0 amide bonds. The van der Waals surface area contributed by atoms with Gasteiger partial charge in [-0.1, -0.05) is 6.42 Å². The molecule has 1 saturated carbocycles. The number of rotatable bonds is 4. The van der Waals surface area contributed by atoms with Gasteiger partial charge < -0.3 is 5.11 Å². The summed E-state index contributed by atoms with van der Waals surface area (Å²) in [6, 6.07) is 3.98. The molecule has 0 unspecified atom stereocenters. The molecule has 6 nitrogen and oxygen atoms in total. The molecule has 0 radical (unpaired) electrons. The first-order valence-corrected chi connectivity index (χ1v) is 6.99. The fraction of sp³-hybridized carbons (Fsp3) is 0.500. The van der Waals surface area contributed by atoms with Crippen molar-refractivity contribution in [2.45, 2.75) is 32.7 Å². The van der Waals surface area contributed by atoms with Crippen LogP contribution in [0.5, 0.6) is 0 Å². The highest BCUT2D eigenvalue weighted by molar-refractivity contribution is 7.15. The van der Waals surface area contributed by atoms with Gasteiger partial charge in [0.15, 0.2) is 5.82 Å². The zero-order chi connectivity index (χ0) is 13.5. The zero-order valence-corrected chi connectivity index (χ0v) is 11.4. The van der Waals surface area contributed by atoms with E-state index < -0.39 is 11.4 Å². The van der Waals surface area contributed by atoms with Crippen molar-refractivity contribution in [3.63, 3.8) is 0 Å². The maximum atomic E-state index is 11.4. The molecule has 2 heterocycles. The zero-order valence-electron chi connectivity index (χ0n) is 10.5. The highest BCUT2D eigenvalue weighted by atomic mass is 32.1. The molecule has 0 atom stereocenters. The summed E-state index contributed by atoms with van der Waals surface area (Å²) in [4.78, 5) is 13.6. The Labute approximate surface area is 114 Å². The molecule has 1 aliphatic carbocycles. The fourth-order valence-electron chi connectivity index (χ4n) is 2.37. The molecule has 100 valence electrons. The van der Waals surface area contributed by atoms with Gasteiger partial charge >= 0.3 is 5.97 Å². The fourth-order valence-corrected chi connectivity index (χ4v) is 3.23. The molecular formula is C12H14N4O2S. The second-order valence-corrected chi connectivity index (χ2v) is 6.30. The average molecular weight is 278 g/mol. The van der Waals surface area contributed by atoms with Crippen molar-refractivity contribution in [2.24, 2.45) is 5.41 Å². The van der Waals surface area contributed by atoms with Crippen LogP contribution in [0, 0.1) is 12.3 Å². The normalized spacial score (nSPS) is 17.1. The van der Waals surface area contributed by atoms with Crippen LogP contribution in [0.2, 0.25) is 0 Å². The Morgan fingerprint density at radius 1 is 1.53 bits per heavy atom. The van der Waals surface area contributed by atoms with Crippen molar-refractivity contribution in [1.29, 1.82) is 0 Å². The van der Waals surface area contributed by atoms with Gasteiger partial charge in [0, 0.05) is 4.88 Å². The first kappa shape index (κ1) is 12.3. The van der Waals surface area contributed by atoms with Crippen LogP contribution in [0.1, 0.15) is 24.1 Å². The number of aryl methyl sites for hydroxylation is 1. The van der Waals surface area contributed by atoms with Crippen molar-refractivity contribution < 1.29 is 9.90 Å². The molecule has 0 aromatic carbocycles. The van der Waals surface area contributed by atoms with E-state index in [1.807, 2.05) is 19.1 Å². The van der Waals surface area contributed by atoms with E-state index in [1.54, 1.807) is 16.0 Å². The van der Waals surface area contributed by atoms with Crippen LogP contribution in [0.25, 0.3) is 10.7 Å². The van der Waals surface area contributed by atoms with Crippen molar-refractivity contribution in [1.82, 2.24) is 20.2 Å². The second kappa shape index (κ2) is 4.41. The van der Waals surface area contributed by atoms with Gasteiger partial charge in [-0.25, -0.2) is 4.68 Å². The minimum atomic E-state index is -0.748. The summed E-state index contributed by atoms with van der Waals surface area (Å²) in [6.07, 6.45) is 2.36. The lowest BCUT2D eigenvalue weighted by Crippen LogP contribution is -2.42. The second-order valence-electron chi connectivity index (χ2n) is 5.01. The third-order valence-electron chi connectivity index (χ3n) is 3.71. The summed E-state index contributed by atoms with van der Waals surface area (Å²) in [5.74, 6) is -0.0896. The summed E-state index contributed by atoms with van der Waals surface area (Å²) in [6.45, 7) is 2.37. The number of carboxylic acids is 1. The van der Waals surface area contributed by atoms with Gasteiger partial charge in [-0.3, -0.25) is 4.79 Å². The van der Waals surface area contributed by atoms with Gasteiger partial charge in [0.1, 0.15) is 0 Å². The van der Waals surface area contributed by atoms with Crippen LogP contribution in [-0.2, 0) is 11.3 Å². The molecule has 0 spiro atoms. The standard InChI is InChI=1S/C12H14N4O2S/c1-8-3-4-9(19-8)10-13-14-15-16(10)7-12(11(17)18)5-2-6-12/h3-4H,2,5-7H2,1H3,(H,17,18). The number of tetrazole rings is 1. The molecular weight excluding hydrogens is 264 g/mol. The minimum Gasteiger partial charge on any atom is -0.481 e. The summed E-state index contributed by atoms with van der Waals surface area (Å²) in [7, 11) is 0. The SMILES string of the molecule is Cc1ccc(-c2nnnn2CC2(C(=O)O)CCC2)s1. The summed E-state index contributed by atoms with van der Waals surface area (Å²) < 4.78 is 1.62. The third-order valence-corrected chi connectivity index (χ3v) is 4.71. The minimum absolute atomic E-state index is 0.349. The molecule has 0 saturated heterocycles. The van der Waals surface area contributed by atoms with Crippen LogP contribution in [0.4, 0.5) is 0 Å². The molecule has 1 fully saturated rings. The number of hydrogen-bond acceptors (Lipinski definition) is 5. The van der Waals surface area contributed by atoms with Gasteiger partial charge in [-0.15, -0.1) is 16.4 Å². The maximum Gasteiger partial charge on any atom is 0.311 e.